The number of hydrogen-bond donors (Lipinski definition) is 1. The lowest BCUT2D eigenvalue weighted by molar-refractivity contribution is -0.254. The molecule has 1 rings (SSSR count). The van der Waals surface area contributed by atoms with Gasteiger partial charge >= 0.3 is 0 Å². The molecular formula is C9H14N12O2. The largest absolute Gasteiger partial charge is 0.366 e. The second kappa shape index (κ2) is 7.97. The molecule has 14 heteroatoms. The summed E-state index contributed by atoms with van der Waals surface area (Å²) in [6, 6.07) is -3.88. The van der Waals surface area contributed by atoms with Crippen molar-refractivity contribution in [3.8, 4) is 0 Å². The zero-order valence-electron chi connectivity index (χ0n) is 12.3. The van der Waals surface area contributed by atoms with E-state index in [1.54, 1.807) is 0 Å². The Morgan fingerprint density at radius 2 is 1.70 bits per heavy atom. The van der Waals surface area contributed by atoms with Gasteiger partial charge in [-0.3, -0.25) is 0 Å². The van der Waals surface area contributed by atoms with Crippen LogP contribution in [0.1, 0.15) is 20.3 Å². The van der Waals surface area contributed by atoms with Crippen LogP contribution in [0.3, 0.4) is 0 Å². The molecule has 1 saturated heterocycles. The Morgan fingerprint density at radius 3 is 2.22 bits per heavy atom. The van der Waals surface area contributed by atoms with Crippen molar-refractivity contribution in [2.24, 2.45) is 20.5 Å². The van der Waals surface area contributed by atoms with Gasteiger partial charge < -0.3 is 9.84 Å². The summed E-state index contributed by atoms with van der Waals surface area (Å²) in [6.45, 7) is 2.80. The summed E-state index contributed by atoms with van der Waals surface area (Å²) in [5.41, 5.74) is 34.6. The third-order valence-electron chi connectivity index (χ3n) is 3.34. The van der Waals surface area contributed by atoms with E-state index >= 15 is 0 Å². The highest BCUT2D eigenvalue weighted by Gasteiger charge is 2.47. The molecule has 0 aromatic heterocycles. The standard InChI is InChI=1S/C9H14N12O2/c1-4(14-18-10)6(16-20-12)8-7(17-21-13)5(15-19-11)3-9(2,22)23-8/h4-8,22H,3H2,1-2H3/t4?,5-,6?,7-,8?,9-/m1/s1. The topological polar surface area (TPSA) is 225 Å². The molecule has 6 atom stereocenters. The van der Waals surface area contributed by atoms with Crippen LogP contribution in [0.15, 0.2) is 20.5 Å². The molecule has 23 heavy (non-hydrogen) atoms. The van der Waals surface area contributed by atoms with Gasteiger partial charge in [-0.1, -0.05) is 27.4 Å². The van der Waals surface area contributed by atoms with Crippen LogP contribution in [-0.4, -0.2) is 41.2 Å². The van der Waals surface area contributed by atoms with Gasteiger partial charge in [-0.05, 0) is 29.0 Å². The molecule has 0 aliphatic carbocycles. The average molecular weight is 322 g/mol. The van der Waals surface area contributed by atoms with E-state index in [2.05, 4.69) is 40.1 Å². The van der Waals surface area contributed by atoms with Crippen LogP contribution in [0, 0.1) is 0 Å². The fourth-order valence-corrected chi connectivity index (χ4v) is 2.43. The number of aliphatic hydroxyl groups is 1. The van der Waals surface area contributed by atoms with E-state index in [9.17, 15) is 5.11 Å². The third-order valence-corrected chi connectivity index (χ3v) is 3.34. The van der Waals surface area contributed by atoms with E-state index < -0.39 is 36.1 Å². The Balaban J connectivity index is 3.37. The first-order chi connectivity index (χ1) is 10.9. The first-order valence-corrected chi connectivity index (χ1v) is 6.47. The van der Waals surface area contributed by atoms with Crippen LogP contribution in [0.2, 0.25) is 0 Å². The van der Waals surface area contributed by atoms with Gasteiger partial charge in [-0.15, -0.1) is 0 Å². The Labute approximate surface area is 129 Å². The summed E-state index contributed by atoms with van der Waals surface area (Å²) in [4.78, 5) is 10.7. The second-order valence-electron chi connectivity index (χ2n) is 5.07. The van der Waals surface area contributed by atoms with Crippen LogP contribution in [0.25, 0.3) is 41.8 Å². The average Bonchev–Trinajstić information content (AvgIpc) is 2.47. The Kier molecular flexibility index (Phi) is 6.31. The predicted octanol–water partition coefficient (Wildman–Crippen LogP) is 3.22. The van der Waals surface area contributed by atoms with Crippen molar-refractivity contribution in [1.29, 1.82) is 0 Å². The zero-order chi connectivity index (χ0) is 17.5. The SMILES string of the molecule is CC(N=[N+]=[N-])C(N=[N+]=[N-])C1O[C@@](C)(O)C[C@@H](N=[N+]=[N-])[C@H]1N=[N+]=[N-]. The van der Waals surface area contributed by atoms with Crippen LogP contribution in [-0.2, 0) is 4.74 Å². The molecule has 0 saturated carbocycles. The maximum Gasteiger partial charge on any atom is 0.163 e. The highest BCUT2D eigenvalue weighted by atomic mass is 16.6. The highest BCUT2D eigenvalue weighted by Crippen LogP contribution is 2.34. The van der Waals surface area contributed by atoms with Gasteiger partial charge in [0, 0.05) is 32.1 Å². The van der Waals surface area contributed by atoms with Gasteiger partial charge in [0.15, 0.2) is 5.79 Å². The van der Waals surface area contributed by atoms with Gasteiger partial charge in [0.2, 0.25) is 0 Å². The van der Waals surface area contributed by atoms with Gasteiger partial charge in [0.1, 0.15) is 0 Å². The molecule has 1 heterocycles. The van der Waals surface area contributed by atoms with E-state index in [1.165, 1.54) is 13.8 Å². The van der Waals surface area contributed by atoms with Crippen molar-refractivity contribution in [2.45, 2.75) is 56.3 Å². The fourth-order valence-electron chi connectivity index (χ4n) is 2.43. The van der Waals surface area contributed by atoms with Crippen LogP contribution >= 0.6 is 0 Å². The molecule has 1 aliphatic rings. The number of nitrogens with zero attached hydrogens (tertiary/aromatic N) is 12. The lowest BCUT2D eigenvalue weighted by atomic mass is 9.87. The van der Waals surface area contributed by atoms with Gasteiger partial charge in [0.05, 0.1) is 24.2 Å². The van der Waals surface area contributed by atoms with Crippen LogP contribution in [0.4, 0.5) is 0 Å². The molecule has 0 aromatic rings. The van der Waals surface area contributed by atoms with Gasteiger partial charge in [0.25, 0.3) is 0 Å². The molecule has 1 N–H and O–H groups in total. The van der Waals surface area contributed by atoms with Crippen LogP contribution < -0.4 is 0 Å². The van der Waals surface area contributed by atoms with E-state index in [0.717, 1.165) is 0 Å². The van der Waals surface area contributed by atoms with Crippen LogP contribution in [0.5, 0.6) is 0 Å². The van der Waals surface area contributed by atoms with Crippen molar-refractivity contribution >= 4 is 0 Å². The minimum Gasteiger partial charge on any atom is -0.366 e. The molecule has 0 aromatic carbocycles. The highest BCUT2D eigenvalue weighted by molar-refractivity contribution is 5.03. The van der Waals surface area contributed by atoms with Crippen molar-refractivity contribution < 1.29 is 9.84 Å². The molecule has 0 radical (unpaired) electrons. The lowest BCUT2D eigenvalue weighted by Crippen LogP contribution is -2.57. The molecule has 14 nitrogen and oxygen atoms in total. The van der Waals surface area contributed by atoms with Crippen molar-refractivity contribution in [3.63, 3.8) is 0 Å². The smallest absolute Gasteiger partial charge is 0.163 e. The van der Waals surface area contributed by atoms with Gasteiger partial charge in [-0.25, -0.2) is 0 Å². The Hall–Kier alpha value is -2.84. The molecule has 1 fully saturated rings. The molecule has 0 amide bonds. The predicted molar refractivity (Wildman–Crippen MR) is 77.5 cm³/mol. The van der Waals surface area contributed by atoms with Gasteiger partial charge in [-0.2, -0.15) is 0 Å². The van der Waals surface area contributed by atoms with E-state index in [-0.39, 0.29) is 6.42 Å². The molecule has 1 aliphatic heterocycles. The summed E-state index contributed by atoms with van der Waals surface area (Å²) in [5, 5.41) is 24.2. The summed E-state index contributed by atoms with van der Waals surface area (Å²) in [7, 11) is 0. The zero-order valence-corrected chi connectivity index (χ0v) is 12.3. The fraction of sp³-hybridized carbons (Fsp3) is 1.00. The quantitative estimate of drug-likeness (QED) is 0.441. The van der Waals surface area contributed by atoms with E-state index in [1.807, 2.05) is 0 Å². The minimum atomic E-state index is -1.70. The third kappa shape index (κ3) is 4.56. The number of ether oxygens (including phenoxy) is 1. The van der Waals surface area contributed by atoms with E-state index in [0.29, 0.717) is 0 Å². The monoisotopic (exact) mass is 322 g/mol. The minimum absolute atomic E-state index is 0.115. The van der Waals surface area contributed by atoms with E-state index in [4.69, 9.17) is 26.9 Å². The summed E-state index contributed by atoms with van der Waals surface area (Å²) in [5.74, 6) is -1.70. The molecule has 122 valence electrons. The molecule has 3 unspecified atom stereocenters. The maximum atomic E-state index is 10.2. The molecule has 0 bridgehead atoms. The first-order valence-electron chi connectivity index (χ1n) is 6.47. The summed E-state index contributed by atoms with van der Waals surface area (Å²) < 4.78 is 5.46. The summed E-state index contributed by atoms with van der Waals surface area (Å²) >= 11 is 0. The maximum absolute atomic E-state index is 10.2. The van der Waals surface area contributed by atoms with Crippen molar-refractivity contribution in [2.75, 3.05) is 0 Å². The summed E-state index contributed by atoms with van der Waals surface area (Å²) in [6.07, 6.45) is -1.25. The lowest BCUT2D eigenvalue weighted by Gasteiger charge is -2.44. The number of rotatable bonds is 6. The first kappa shape index (κ1) is 18.2. The molecule has 0 spiro atoms. The number of azide groups is 4. The molecular weight excluding hydrogens is 308 g/mol. The van der Waals surface area contributed by atoms with Crippen molar-refractivity contribution in [1.82, 2.24) is 0 Å². The number of hydrogen-bond acceptors (Lipinski definition) is 6. The second-order valence-corrected chi connectivity index (χ2v) is 5.07. The Morgan fingerprint density at radius 1 is 1.09 bits per heavy atom. The van der Waals surface area contributed by atoms with Crippen molar-refractivity contribution in [3.05, 3.63) is 41.8 Å². The Bertz CT molecular complexity index is 602. The normalized spacial score (nSPS) is 32.0.